The number of nitro groups is 1. The van der Waals surface area contributed by atoms with Crippen LogP contribution in [0.1, 0.15) is 12.5 Å². The number of rotatable bonds is 6. The first-order chi connectivity index (χ1) is 11.4. The van der Waals surface area contributed by atoms with Gasteiger partial charge in [0, 0.05) is 30.8 Å². The normalized spacial score (nSPS) is 19.2. The van der Waals surface area contributed by atoms with Gasteiger partial charge in [0.05, 0.1) is 11.2 Å². The zero-order valence-electron chi connectivity index (χ0n) is 13.3. The average Bonchev–Trinajstić information content (AvgIpc) is 2.54. The lowest BCUT2D eigenvalue weighted by molar-refractivity contribution is -0.385. The molecule has 24 heavy (non-hydrogen) atoms. The Labute approximate surface area is 139 Å². The number of halogens is 1. The number of hydrogen-bond donors (Lipinski definition) is 0. The number of aliphatic imine (C=N–C) groups is 1. The summed E-state index contributed by atoms with van der Waals surface area (Å²) in [6, 6.07) is 3.66. The Bertz CT molecular complexity index is 720. The zero-order chi connectivity index (χ0) is 17.7. The van der Waals surface area contributed by atoms with Crippen molar-refractivity contribution in [2.45, 2.75) is 12.5 Å². The van der Waals surface area contributed by atoms with Gasteiger partial charge in [-0.2, -0.15) is 0 Å². The molecule has 1 aromatic carbocycles. The molecule has 0 N–H and O–H groups in total. The van der Waals surface area contributed by atoms with Crippen LogP contribution in [0.4, 0.5) is 10.1 Å². The minimum atomic E-state index is -1.12. The van der Waals surface area contributed by atoms with Gasteiger partial charge in [0.2, 0.25) is 0 Å². The number of nitrogens with zero attached hydrogens (tertiary/aromatic N) is 3. The molecule has 1 aliphatic rings. The Balaban J connectivity index is 2.47. The number of ether oxygens (including phenoxy) is 1. The minimum Gasteiger partial charge on any atom is -0.434 e. The fraction of sp³-hybridized carbons (Fsp3) is 0.235. The first-order valence-electron chi connectivity index (χ1n) is 7.26. The number of benzene rings is 1. The van der Waals surface area contributed by atoms with Gasteiger partial charge in [-0.25, -0.2) is 9.38 Å². The molecule has 1 aliphatic heterocycles. The van der Waals surface area contributed by atoms with Crippen LogP contribution >= 0.6 is 0 Å². The van der Waals surface area contributed by atoms with E-state index in [4.69, 9.17) is 4.74 Å². The van der Waals surface area contributed by atoms with Crippen molar-refractivity contribution < 1.29 is 14.1 Å². The SMILES string of the molecule is C=CCN(CC=C)C1=N[C@](C)(c2cc([N+](=O)[O-])ccc2F)C=CO1. The van der Waals surface area contributed by atoms with Gasteiger partial charge >= 0.3 is 0 Å². The van der Waals surface area contributed by atoms with Crippen molar-refractivity contribution in [2.75, 3.05) is 13.1 Å². The number of hydrogen-bond acceptors (Lipinski definition) is 5. The average molecular weight is 331 g/mol. The molecule has 0 spiro atoms. The van der Waals surface area contributed by atoms with E-state index in [1.54, 1.807) is 30.1 Å². The topological polar surface area (TPSA) is 68.0 Å². The highest BCUT2D eigenvalue weighted by atomic mass is 19.1. The van der Waals surface area contributed by atoms with E-state index in [2.05, 4.69) is 18.2 Å². The van der Waals surface area contributed by atoms with E-state index in [1.165, 1.54) is 12.3 Å². The highest BCUT2D eigenvalue weighted by Gasteiger charge is 2.32. The molecule has 0 amide bonds. The highest BCUT2D eigenvalue weighted by molar-refractivity contribution is 5.76. The van der Waals surface area contributed by atoms with E-state index >= 15 is 0 Å². The van der Waals surface area contributed by atoms with Gasteiger partial charge < -0.3 is 9.64 Å². The molecule has 0 aromatic heterocycles. The van der Waals surface area contributed by atoms with Gasteiger partial charge in [0.15, 0.2) is 0 Å². The summed E-state index contributed by atoms with van der Waals surface area (Å²) in [5.41, 5.74) is -1.21. The van der Waals surface area contributed by atoms with Crippen LogP contribution in [0.2, 0.25) is 0 Å². The molecule has 0 saturated heterocycles. The van der Waals surface area contributed by atoms with Crippen molar-refractivity contribution in [1.82, 2.24) is 4.90 Å². The van der Waals surface area contributed by atoms with Crippen molar-refractivity contribution in [3.63, 3.8) is 0 Å². The van der Waals surface area contributed by atoms with Crippen LogP contribution in [-0.2, 0) is 10.3 Å². The zero-order valence-corrected chi connectivity index (χ0v) is 13.3. The first kappa shape index (κ1) is 17.4. The molecule has 0 aliphatic carbocycles. The lowest BCUT2D eigenvalue weighted by atomic mass is 9.91. The van der Waals surface area contributed by atoms with Gasteiger partial charge in [-0.1, -0.05) is 12.2 Å². The molecule has 2 rings (SSSR count). The first-order valence-corrected chi connectivity index (χ1v) is 7.26. The molecule has 0 bridgehead atoms. The second-order valence-corrected chi connectivity index (χ2v) is 5.37. The molecule has 0 radical (unpaired) electrons. The maximum Gasteiger partial charge on any atom is 0.294 e. The van der Waals surface area contributed by atoms with Crippen LogP contribution in [0.25, 0.3) is 0 Å². The third-order valence-corrected chi connectivity index (χ3v) is 3.57. The molecule has 1 aromatic rings. The quantitative estimate of drug-likeness (QED) is 0.454. The van der Waals surface area contributed by atoms with Crippen LogP contribution in [0.3, 0.4) is 0 Å². The van der Waals surface area contributed by atoms with E-state index in [9.17, 15) is 14.5 Å². The molecule has 1 heterocycles. The third kappa shape index (κ3) is 3.51. The van der Waals surface area contributed by atoms with Crippen molar-refractivity contribution in [3.8, 4) is 0 Å². The molecule has 0 saturated carbocycles. The summed E-state index contributed by atoms with van der Waals surface area (Å²) in [6.45, 7) is 9.95. The lowest BCUT2D eigenvalue weighted by Crippen LogP contribution is -2.37. The Hall–Kier alpha value is -2.96. The Kier molecular flexibility index (Phi) is 5.13. The van der Waals surface area contributed by atoms with E-state index in [-0.39, 0.29) is 17.3 Å². The highest BCUT2D eigenvalue weighted by Crippen LogP contribution is 2.34. The molecular formula is C17H18FN3O3. The van der Waals surface area contributed by atoms with Crippen LogP contribution in [-0.4, -0.2) is 28.9 Å². The number of non-ortho nitro benzene ring substituents is 1. The van der Waals surface area contributed by atoms with E-state index in [0.717, 1.165) is 12.1 Å². The Morgan fingerprint density at radius 3 is 2.67 bits per heavy atom. The van der Waals surface area contributed by atoms with Gasteiger partial charge in [-0.15, -0.1) is 13.2 Å². The fourth-order valence-electron chi connectivity index (χ4n) is 2.34. The molecule has 126 valence electrons. The van der Waals surface area contributed by atoms with Crippen LogP contribution in [0.5, 0.6) is 0 Å². The van der Waals surface area contributed by atoms with Crippen LogP contribution in [0, 0.1) is 15.9 Å². The molecule has 6 nitrogen and oxygen atoms in total. The van der Waals surface area contributed by atoms with Gasteiger partial charge in [-0.3, -0.25) is 10.1 Å². The minimum absolute atomic E-state index is 0.103. The maximum absolute atomic E-state index is 14.3. The molecule has 7 heteroatoms. The van der Waals surface area contributed by atoms with Crippen molar-refractivity contribution in [3.05, 3.63) is 77.3 Å². The monoisotopic (exact) mass is 331 g/mol. The van der Waals surface area contributed by atoms with E-state index < -0.39 is 16.3 Å². The van der Waals surface area contributed by atoms with Crippen LogP contribution < -0.4 is 0 Å². The molecule has 0 fully saturated rings. The summed E-state index contributed by atoms with van der Waals surface area (Å²) in [7, 11) is 0. The molecule has 1 atom stereocenters. The number of amidine groups is 1. The van der Waals surface area contributed by atoms with Gasteiger partial charge in [0.25, 0.3) is 11.7 Å². The van der Waals surface area contributed by atoms with Crippen molar-refractivity contribution in [1.29, 1.82) is 0 Å². The summed E-state index contributed by atoms with van der Waals surface area (Å²) < 4.78 is 19.7. The van der Waals surface area contributed by atoms with Gasteiger partial charge in [-0.05, 0) is 19.1 Å². The van der Waals surface area contributed by atoms with E-state index in [0.29, 0.717) is 13.1 Å². The van der Waals surface area contributed by atoms with Crippen molar-refractivity contribution in [2.24, 2.45) is 4.99 Å². The summed E-state index contributed by atoms with van der Waals surface area (Å²) in [6.07, 6.45) is 6.32. The summed E-state index contributed by atoms with van der Waals surface area (Å²) >= 11 is 0. The predicted octanol–water partition coefficient (Wildman–Crippen LogP) is 3.52. The van der Waals surface area contributed by atoms with Crippen molar-refractivity contribution >= 4 is 11.7 Å². The third-order valence-electron chi connectivity index (χ3n) is 3.57. The summed E-state index contributed by atoms with van der Waals surface area (Å²) in [4.78, 5) is 16.6. The molecule has 0 unspecified atom stereocenters. The second kappa shape index (κ2) is 7.08. The van der Waals surface area contributed by atoms with Crippen LogP contribution in [0.15, 0.2) is 60.8 Å². The molecular weight excluding hydrogens is 313 g/mol. The fourth-order valence-corrected chi connectivity index (χ4v) is 2.34. The standard InChI is InChI=1S/C17H18FN3O3/c1-4-9-20(10-5-2)16-19-17(3,8-11-24-16)14-12-13(21(22)23)6-7-15(14)18/h4-8,11-12H,1-2,9-10H2,3H3/t17-/m0/s1. The smallest absolute Gasteiger partial charge is 0.294 e. The maximum atomic E-state index is 14.3. The predicted molar refractivity (Wildman–Crippen MR) is 90.0 cm³/mol. The largest absolute Gasteiger partial charge is 0.434 e. The summed E-state index contributed by atoms with van der Waals surface area (Å²) in [5, 5.41) is 11.0. The summed E-state index contributed by atoms with van der Waals surface area (Å²) in [5.74, 6) is -0.572. The lowest BCUT2D eigenvalue weighted by Gasteiger charge is -2.30. The van der Waals surface area contributed by atoms with Gasteiger partial charge in [0.1, 0.15) is 11.4 Å². The number of nitro benzene ring substituents is 1. The Morgan fingerprint density at radius 2 is 2.08 bits per heavy atom. The Morgan fingerprint density at radius 1 is 1.42 bits per heavy atom. The second-order valence-electron chi connectivity index (χ2n) is 5.37. The van der Waals surface area contributed by atoms with E-state index in [1.807, 2.05) is 0 Å².